The maximum absolute atomic E-state index is 12.3. The van der Waals surface area contributed by atoms with Gasteiger partial charge in [-0.1, -0.05) is 18.0 Å². The normalized spacial score (nSPS) is 21.3. The van der Waals surface area contributed by atoms with Crippen LogP contribution in [0.15, 0.2) is 4.52 Å². The van der Waals surface area contributed by atoms with E-state index in [9.17, 15) is 4.79 Å². The van der Waals surface area contributed by atoms with Gasteiger partial charge >= 0.3 is 0 Å². The largest absolute Gasteiger partial charge is 0.384 e. The van der Waals surface area contributed by atoms with Gasteiger partial charge in [-0.3, -0.25) is 4.79 Å². The number of aromatic nitrogens is 2. The van der Waals surface area contributed by atoms with Crippen molar-refractivity contribution in [2.45, 2.75) is 57.4 Å². The average Bonchev–Trinajstić information content (AvgIpc) is 3.37. The molecule has 1 saturated carbocycles. The lowest BCUT2D eigenvalue weighted by atomic mass is 10.1. The SMILES string of the molecule is COCCC(=O)N1CCCC1c1nc(CCOCC2CCCC2)no1. The minimum atomic E-state index is -0.0926. The van der Waals surface area contributed by atoms with Gasteiger partial charge in [-0.15, -0.1) is 0 Å². The molecule has 0 spiro atoms. The number of hydrogen-bond donors (Lipinski definition) is 0. The molecule has 1 aliphatic heterocycles. The van der Waals surface area contributed by atoms with E-state index in [1.807, 2.05) is 4.90 Å². The molecule has 7 nitrogen and oxygen atoms in total. The molecule has 1 saturated heterocycles. The Kier molecular flexibility index (Phi) is 6.81. The molecule has 3 rings (SSSR count). The van der Waals surface area contributed by atoms with Crippen molar-refractivity contribution in [2.75, 3.05) is 33.5 Å². The maximum atomic E-state index is 12.3. The highest BCUT2D eigenvalue weighted by Crippen LogP contribution is 2.31. The Morgan fingerprint density at radius 1 is 1.24 bits per heavy atom. The number of ether oxygens (including phenoxy) is 2. The minimum Gasteiger partial charge on any atom is -0.384 e. The Labute approximate surface area is 149 Å². The maximum Gasteiger partial charge on any atom is 0.249 e. The molecule has 2 aliphatic rings. The average molecular weight is 351 g/mol. The number of hydrogen-bond acceptors (Lipinski definition) is 6. The predicted molar refractivity (Wildman–Crippen MR) is 91.0 cm³/mol. The smallest absolute Gasteiger partial charge is 0.249 e. The van der Waals surface area contributed by atoms with Gasteiger partial charge in [-0.2, -0.15) is 4.98 Å². The van der Waals surface area contributed by atoms with Crippen LogP contribution in [-0.4, -0.2) is 54.4 Å². The molecule has 1 aliphatic carbocycles. The van der Waals surface area contributed by atoms with Crippen molar-refractivity contribution in [1.29, 1.82) is 0 Å². The summed E-state index contributed by atoms with van der Waals surface area (Å²) in [5, 5.41) is 4.06. The second-order valence-corrected chi connectivity index (χ2v) is 7.01. The molecule has 1 unspecified atom stereocenters. The first-order valence-corrected chi connectivity index (χ1v) is 9.46. The molecule has 1 atom stereocenters. The first kappa shape index (κ1) is 18.3. The highest BCUT2D eigenvalue weighted by atomic mass is 16.5. The zero-order chi connectivity index (χ0) is 17.5. The summed E-state index contributed by atoms with van der Waals surface area (Å²) >= 11 is 0. The second kappa shape index (κ2) is 9.29. The zero-order valence-electron chi connectivity index (χ0n) is 15.1. The molecule has 2 heterocycles. The summed E-state index contributed by atoms with van der Waals surface area (Å²) < 4.78 is 16.2. The van der Waals surface area contributed by atoms with Gasteiger partial charge < -0.3 is 18.9 Å². The number of carbonyl (C=O) groups is 1. The Balaban J connectivity index is 1.45. The molecular formula is C18H29N3O4. The van der Waals surface area contributed by atoms with Gasteiger partial charge in [-0.05, 0) is 31.6 Å². The van der Waals surface area contributed by atoms with Crippen molar-refractivity contribution in [3.05, 3.63) is 11.7 Å². The molecule has 0 radical (unpaired) electrons. The van der Waals surface area contributed by atoms with Crippen LogP contribution in [0.5, 0.6) is 0 Å². The molecule has 140 valence electrons. The van der Waals surface area contributed by atoms with Gasteiger partial charge in [0, 0.05) is 26.7 Å². The lowest BCUT2D eigenvalue weighted by Gasteiger charge is -2.21. The summed E-state index contributed by atoms with van der Waals surface area (Å²) in [5.74, 6) is 2.03. The monoisotopic (exact) mass is 351 g/mol. The van der Waals surface area contributed by atoms with Gasteiger partial charge in [0.15, 0.2) is 5.82 Å². The molecule has 1 amide bonds. The van der Waals surface area contributed by atoms with Crippen molar-refractivity contribution < 1.29 is 18.8 Å². The van der Waals surface area contributed by atoms with Crippen LogP contribution < -0.4 is 0 Å². The predicted octanol–water partition coefficient (Wildman–Crippen LogP) is 2.52. The number of amides is 1. The lowest BCUT2D eigenvalue weighted by Crippen LogP contribution is -2.31. The van der Waals surface area contributed by atoms with Crippen LogP contribution in [-0.2, 0) is 20.7 Å². The van der Waals surface area contributed by atoms with Crippen LogP contribution in [0, 0.1) is 5.92 Å². The number of rotatable bonds is 9. The van der Waals surface area contributed by atoms with Crippen LogP contribution in [0.4, 0.5) is 0 Å². The van der Waals surface area contributed by atoms with E-state index in [2.05, 4.69) is 10.1 Å². The van der Waals surface area contributed by atoms with Crippen molar-refractivity contribution in [1.82, 2.24) is 15.0 Å². The highest BCUT2D eigenvalue weighted by molar-refractivity contribution is 5.77. The Hall–Kier alpha value is -1.47. The number of likely N-dealkylation sites (tertiary alicyclic amines) is 1. The number of carbonyl (C=O) groups excluding carboxylic acids is 1. The third-order valence-electron chi connectivity index (χ3n) is 5.16. The van der Waals surface area contributed by atoms with Crippen LogP contribution in [0.2, 0.25) is 0 Å². The molecular weight excluding hydrogens is 322 g/mol. The zero-order valence-corrected chi connectivity index (χ0v) is 15.1. The highest BCUT2D eigenvalue weighted by Gasteiger charge is 2.33. The lowest BCUT2D eigenvalue weighted by molar-refractivity contribution is -0.133. The number of methoxy groups -OCH3 is 1. The summed E-state index contributed by atoms with van der Waals surface area (Å²) in [5.41, 5.74) is 0. The fraction of sp³-hybridized carbons (Fsp3) is 0.833. The van der Waals surface area contributed by atoms with Crippen LogP contribution >= 0.6 is 0 Å². The van der Waals surface area contributed by atoms with Crippen LogP contribution in [0.25, 0.3) is 0 Å². The first-order valence-electron chi connectivity index (χ1n) is 9.46. The molecule has 7 heteroatoms. The van der Waals surface area contributed by atoms with E-state index in [1.165, 1.54) is 25.7 Å². The summed E-state index contributed by atoms with van der Waals surface area (Å²) in [7, 11) is 1.60. The minimum absolute atomic E-state index is 0.0870. The van der Waals surface area contributed by atoms with Gasteiger partial charge in [0.05, 0.1) is 19.6 Å². The van der Waals surface area contributed by atoms with Crippen LogP contribution in [0.3, 0.4) is 0 Å². The third-order valence-corrected chi connectivity index (χ3v) is 5.16. The van der Waals surface area contributed by atoms with Crippen molar-refractivity contribution in [3.8, 4) is 0 Å². The topological polar surface area (TPSA) is 77.7 Å². The van der Waals surface area contributed by atoms with E-state index in [0.29, 0.717) is 37.8 Å². The molecule has 2 fully saturated rings. The van der Waals surface area contributed by atoms with Gasteiger partial charge in [0.25, 0.3) is 0 Å². The number of nitrogens with zero attached hydrogens (tertiary/aromatic N) is 3. The summed E-state index contributed by atoms with van der Waals surface area (Å²) in [4.78, 5) is 18.6. The molecule has 0 N–H and O–H groups in total. The van der Waals surface area contributed by atoms with E-state index < -0.39 is 0 Å². The fourth-order valence-electron chi connectivity index (χ4n) is 3.75. The van der Waals surface area contributed by atoms with Gasteiger partial charge in [0.2, 0.25) is 11.8 Å². The first-order chi connectivity index (χ1) is 12.3. The summed E-state index contributed by atoms with van der Waals surface area (Å²) in [6, 6.07) is -0.0926. The summed E-state index contributed by atoms with van der Waals surface area (Å²) in [6.45, 7) is 2.65. The molecule has 0 aromatic carbocycles. The molecule has 0 bridgehead atoms. The Morgan fingerprint density at radius 3 is 2.88 bits per heavy atom. The Morgan fingerprint density at radius 2 is 2.08 bits per heavy atom. The van der Waals surface area contributed by atoms with Crippen molar-refractivity contribution in [3.63, 3.8) is 0 Å². The van der Waals surface area contributed by atoms with E-state index in [0.717, 1.165) is 31.9 Å². The third kappa shape index (κ3) is 5.01. The summed E-state index contributed by atoms with van der Waals surface area (Å²) in [6.07, 6.45) is 8.14. The van der Waals surface area contributed by atoms with E-state index in [1.54, 1.807) is 7.11 Å². The molecule has 25 heavy (non-hydrogen) atoms. The van der Waals surface area contributed by atoms with Crippen LogP contribution in [0.1, 0.15) is 62.7 Å². The van der Waals surface area contributed by atoms with Crippen molar-refractivity contribution in [2.24, 2.45) is 5.92 Å². The quantitative estimate of drug-likeness (QED) is 0.636. The van der Waals surface area contributed by atoms with E-state index in [-0.39, 0.29) is 11.9 Å². The standard InChI is InChI=1S/C18H29N3O4/c1-23-11-9-17(22)21-10-4-7-15(21)18-19-16(20-25-18)8-12-24-13-14-5-2-3-6-14/h14-15H,2-13H2,1H3. The van der Waals surface area contributed by atoms with Gasteiger partial charge in [0.1, 0.15) is 6.04 Å². The van der Waals surface area contributed by atoms with Gasteiger partial charge in [-0.25, -0.2) is 0 Å². The van der Waals surface area contributed by atoms with Crippen molar-refractivity contribution >= 4 is 5.91 Å². The molecule has 1 aromatic heterocycles. The fourth-order valence-corrected chi connectivity index (χ4v) is 3.75. The van der Waals surface area contributed by atoms with E-state index >= 15 is 0 Å². The Bertz CT molecular complexity index is 542. The second-order valence-electron chi connectivity index (χ2n) is 7.01. The van der Waals surface area contributed by atoms with E-state index in [4.69, 9.17) is 14.0 Å². The molecule has 1 aromatic rings.